The Bertz CT molecular complexity index is 538. The van der Waals surface area contributed by atoms with Gasteiger partial charge in [0.1, 0.15) is 0 Å². The molecule has 0 saturated carbocycles. The Balaban J connectivity index is 0.00000288. The topological polar surface area (TPSA) is 81.5 Å². The average molecular weight is 393 g/mol. The molecule has 0 aliphatic heterocycles. The van der Waals surface area contributed by atoms with Crippen LogP contribution in [-0.4, -0.2) is 11.0 Å². The molecule has 0 heterocycles. The molecule has 0 spiro atoms. The molecule has 2 aromatic carbocycles. The summed E-state index contributed by atoms with van der Waals surface area (Å²) in [6, 6.07) is 16.5. The van der Waals surface area contributed by atoms with Crippen LogP contribution in [0.25, 0.3) is 0 Å². The van der Waals surface area contributed by atoms with Crippen LogP contribution in [0.3, 0.4) is 0 Å². The van der Waals surface area contributed by atoms with Gasteiger partial charge in [-0.1, -0.05) is 0 Å². The molecule has 0 bridgehead atoms. The van der Waals surface area contributed by atoms with E-state index in [2.05, 4.69) is 38.1 Å². The third-order valence-corrected chi connectivity index (χ3v) is 4.38. The number of benzene rings is 2. The number of rotatable bonds is 10. The minimum atomic E-state index is 0. The number of aryl methyl sites for hydroxylation is 2. The Morgan fingerprint density at radius 3 is 1.48 bits per heavy atom. The van der Waals surface area contributed by atoms with Gasteiger partial charge in [0.25, 0.3) is 0 Å². The summed E-state index contributed by atoms with van der Waals surface area (Å²) >= 11 is 0.556. The van der Waals surface area contributed by atoms with Gasteiger partial charge in [-0.2, -0.15) is 0 Å². The summed E-state index contributed by atoms with van der Waals surface area (Å²) in [6.07, 6.45) is 6.83. The van der Waals surface area contributed by atoms with Crippen molar-refractivity contribution in [3.05, 3.63) is 59.7 Å². The molecule has 25 heavy (non-hydrogen) atoms. The van der Waals surface area contributed by atoms with Crippen LogP contribution in [-0.2, 0) is 28.2 Å². The van der Waals surface area contributed by atoms with Crippen molar-refractivity contribution in [2.45, 2.75) is 52.4 Å². The summed E-state index contributed by atoms with van der Waals surface area (Å²) in [5.41, 5.74) is 2.51. The summed E-state index contributed by atoms with van der Waals surface area (Å²) in [5, 5.41) is 0. The third kappa shape index (κ3) is 7.92. The average Bonchev–Trinajstić information content (AvgIpc) is 2.60. The van der Waals surface area contributed by atoms with Crippen LogP contribution >= 0.6 is 0 Å². The molecule has 0 amide bonds. The maximum absolute atomic E-state index is 5.84. The van der Waals surface area contributed by atoms with Gasteiger partial charge in [-0.3, -0.25) is 0 Å². The fraction of sp³-hybridized carbons (Fsp3) is 0.400. The smallest absolute Gasteiger partial charge is 0.412 e. The first-order chi connectivity index (χ1) is 11.3. The predicted octanol–water partition coefficient (Wildman–Crippen LogP) is 4.09. The Morgan fingerprint density at radius 1 is 0.680 bits per heavy atom. The van der Waals surface area contributed by atoms with Crippen LogP contribution in [0.2, 0.25) is 0 Å². The number of hydrogen-bond acceptors (Lipinski definition) is 2. The van der Waals surface area contributed by atoms with Gasteiger partial charge in [0, 0.05) is 0 Å². The van der Waals surface area contributed by atoms with Crippen LogP contribution in [0.5, 0.6) is 11.5 Å². The summed E-state index contributed by atoms with van der Waals surface area (Å²) in [4.78, 5) is 0. The molecular weight excluding hydrogens is 363 g/mol. The standard InChI is InChI=1S/2C10H14O.Co.2H2O/c2*1-2-3-6-9-7-4-5-8-10(9)11;;;/h2*4-5,7-8,11H,2-3,6H2,1H3;;2*1H2/q;;+2;;/p-2. The molecule has 4 nitrogen and oxygen atoms in total. The second-order valence-corrected chi connectivity index (χ2v) is 6.21. The number of para-hydroxylation sites is 2. The molecule has 5 heteroatoms. The van der Waals surface area contributed by atoms with Gasteiger partial charge in [0.05, 0.1) is 0 Å². The minimum absolute atomic E-state index is 0. The predicted molar refractivity (Wildman–Crippen MR) is 98.6 cm³/mol. The molecule has 2 aromatic rings. The summed E-state index contributed by atoms with van der Waals surface area (Å²) in [7, 11) is 0. The van der Waals surface area contributed by atoms with E-state index in [1.165, 1.54) is 36.8 Å². The van der Waals surface area contributed by atoms with Crippen LogP contribution in [0.15, 0.2) is 48.5 Å². The van der Waals surface area contributed by atoms with E-state index in [4.69, 9.17) is 7.70 Å². The molecule has 0 saturated heterocycles. The van der Waals surface area contributed by atoms with E-state index in [0.29, 0.717) is 15.3 Å². The zero-order valence-corrected chi connectivity index (χ0v) is 16.1. The Labute approximate surface area is 157 Å². The first-order valence-electron chi connectivity index (χ1n) is 8.46. The van der Waals surface area contributed by atoms with E-state index in [-0.39, 0.29) is 11.0 Å². The molecule has 0 radical (unpaired) electrons. The summed E-state index contributed by atoms with van der Waals surface area (Å²) < 4.78 is 11.7. The quantitative estimate of drug-likeness (QED) is 0.609. The van der Waals surface area contributed by atoms with Gasteiger partial charge in [0.15, 0.2) is 0 Å². The molecule has 143 valence electrons. The first kappa shape index (κ1) is 23.5. The maximum Gasteiger partial charge on any atom is -0.412 e. The van der Waals surface area contributed by atoms with Crippen molar-refractivity contribution in [3.8, 4) is 11.5 Å². The SMILES string of the molecule is CCCCc1ccccc1[O][Co][O]c1ccccc1CCCC.O.O. The van der Waals surface area contributed by atoms with Gasteiger partial charge >= 0.3 is 147 Å². The molecule has 0 fully saturated rings. The van der Waals surface area contributed by atoms with Crippen molar-refractivity contribution in [2.24, 2.45) is 0 Å². The minimum Gasteiger partial charge on any atom is -0.412 e. The monoisotopic (exact) mass is 393 g/mol. The number of hydrogen-bond donors (Lipinski definition) is 0. The molecule has 0 aliphatic carbocycles. The van der Waals surface area contributed by atoms with Gasteiger partial charge in [-0.15, -0.1) is 0 Å². The Hall–Kier alpha value is -1.53. The molecule has 4 N–H and O–H groups in total. The van der Waals surface area contributed by atoms with Crippen molar-refractivity contribution in [2.75, 3.05) is 0 Å². The fourth-order valence-corrected chi connectivity index (χ4v) is 3.01. The van der Waals surface area contributed by atoms with Crippen LogP contribution < -0.4 is 7.70 Å². The molecular formula is C20H30CoO4. The normalized spacial score (nSPS) is 9.84. The van der Waals surface area contributed by atoms with E-state index in [1.54, 1.807) is 0 Å². The molecule has 0 aromatic heterocycles. The van der Waals surface area contributed by atoms with E-state index in [0.717, 1.165) is 24.3 Å². The fourth-order valence-electron chi connectivity index (χ4n) is 2.36. The summed E-state index contributed by atoms with van der Waals surface area (Å²) in [5.74, 6) is 1.85. The van der Waals surface area contributed by atoms with Crippen molar-refractivity contribution in [1.29, 1.82) is 0 Å². The van der Waals surface area contributed by atoms with E-state index in [1.807, 2.05) is 24.3 Å². The van der Waals surface area contributed by atoms with Crippen LogP contribution in [0.1, 0.15) is 50.7 Å². The van der Waals surface area contributed by atoms with Gasteiger partial charge in [-0.05, 0) is 0 Å². The van der Waals surface area contributed by atoms with Crippen molar-refractivity contribution in [3.63, 3.8) is 0 Å². The van der Waals surface area contributed by atoms with E-state index < -0.39 is 0 Å². The largest absolute Gasteiger partial charge is 0.412 e. The maximum atomic E-state index is 5.84. The zero-order chi connectivity index (χ0) is 16.3. The van der Waals surface area contributed by atoms with Crippen LogP contribution in [0, 0.1) is 0 Å². The second-order valence-electron chi connectivity index (χ2n) is 5.61. The van der Waals surface area contributed by atoms with Gasteiger partial charge in [0.2, 0.25) is 0 Å². The second kappa shape index (κ2) is 13.7. The zero-order valence-electron chi connectivity index (χ0n) is 15.0. The third-order valence-electron chi connectivity index (χ3n) is 3.75. The van der Waals surface area contributed by atoms with E-state index >= 15 is 0 Å². The molecule has 0 unspecified atom stereocenters. The van der Waals surface area contributed by atoms with Crippen LogP contribution in [0.4, 0.5) is 0 Å². The Kier molecular flexibility index (Phi) is 12.9. The van der Waals surface area contributed by atoms with Crippen molar-refractivity contribution in [1.82, 2.24) is 0 Å². The van der Waals surface area contributed by atoms with Crippen molar-refractivity contribution >= 4 is 0 Å². The van der Waals surface area contributed by atoms with Gasteiger partial charge in [-0.25, -0.2) is 0 Å². The summed E-state index contributed by atoms with van der Waals surface area (Å²) in [6.45, 7) is 4.41. The molecule has 2 rings (SSSR count). The first-order valence-corrected chi connectivity index (χ1v) is 9.31. The Morgan fingerprint density at radius 2 is 1.08 bits per heavy atom. The molecule has 0 atom stereocenters. The number of unbranched alkanes of at least 4 members (excludes halogenated alkanes) is 2. The van der Waals surface area contributed by atoms with E-state index in [9.17, 15) is 0 Å². The molecule has 0 aliphatic rings. The van der Waals surface area contributed by atoms with Crippen molar-refractivity contribution < 1.29 is 34.0 Å². The van der Waals surface area contributed by atoms with Gasteiger partial charge < -0.3 is 11.0 Å².